The number of piperidine rings is 1. The molecular weight excluding hydrogens is 343 g/mol. The number of likely N-dealkylation sites (tertiary alicyclic amines) is 1. The third-order valence-corrected chi connectivity index (χ3v) is 5.01. The first-order valence-corrected chi connectivity index (χ1v) is 9.21. The Morgan fingerprint density at radius 2 is 2.04 bits per heavy atom. The van der Waals surface area contributed by atoms with E-state index >= 15 is 0 Å². The summed E-state index contributed by atoms with van der Waals surface area (Å²) < 4.78 is 15.8. The number of rotatable bonds is 4. The zero-order valence-corrected chi connectivity index (χ0v) is 15.3. The van der Waals surface area contributed by atoms with Crippen LogP contribution in [0.15, 0.2) is 42.7 Å². The highest BCUT2D eigenvalue weighted by atomic mass is 19.1. The maximum absolute atomic E-state index is 14.1. The predicted octanol–water partition coefficient (Wildman–Crippen LogP) is 2.70. The van der Waals surface area contributed by atoms with Gasteiger partial charge in [0.2, 0.25) is 0 Å². The Morgan fingerprint density at radius 1 is 1.22 bits per heavy atom. The average Bonchev–Trinajstić information content (AvgIpc) is 3.08. The fourth-order valence-electron chi connectivity index (χ4n) is 3.56. The Kier molecular flexibility index (Phi) is 4.96. The number of halogens is 1. The van der Waals surface area contributed by atoms with Crippen LogP contribution in [0.3, 0.4) is 0 Å². The van der Waals surface area contributed by atoms with Crippen LogP contribution in [0.5, 0.6) is 0 Å². The number of hydrogen-bond donors (Lipinski definition) is 1. The number of aromatic nitrogens is 4. The first kappa shape index (κ1) is 17.8. The quantitative estimate of drug-likeness (QED) is 0.769. The Labute approximate surface area is 157 Å². The minimum Gasteiger partial charge on any atom is -0.327 e. The Morgan fingerprint density at radius 3 is 2.78 bits per heavy atom. The summed E-state index contributed by atoms with van der Waals surface area (Å²) in [5.41, 5.74) is 10.0. The molecule has 1 aliphatic heterocycles. The van der Waals surface area contributed by atoms with Gasteiger partial charge in [0, 0.05) is 37.1 Å². The molecule has 0 aliphatic carbocycles. The summed E-state index contributed by atoms with van der Waals surface area (Å²) >= 11 is 0. The molecule has 7 heteroatoms. The molecular formula is C20H23FN6. The highest BCUT2D eigenvalue weighted by Gasteiger charge is 2.22. The van der Waals surface area contributed by atoms with Crippen LogP contribution in [-0.4, -0.2) is 44.0 Å². The van der Waals surface area contributed by atoms with Gasteiger partial charge in [0.05, 0.1) is 11.4 Å². The standard InChI is InChI=1S/C20H23FN6/c1-14-4-5-17(11-18(14)21)27-20(15-6-8-23-9-7-15)19(24-25-27)13-26-10-2-3-16(22)12-26/h4-9,11,16H,2-3,10,12-13,22H2,1H3. The van der Waals surface area contributed by atoms with Gasteiger partial charge in [0.1, 0.15) is 11.5 Å². The highest BCUT2D eigenvalue weighted by molar-refractivity contribution is 5.63. The molecule has 1 unspecified atom stereocenters. The predicted molar refractivity (Wildman–Crippen MR) is 102 cm³/mol. The van der Waals surface area contributed by atoms with Gasteiger partial charge in [-0.25, -0.2) is 9.07 Å². The van der Waals surface area contributed by atoms with Crippen LogP contribution in [-0.2, 0) is 6.54 Å². The molecule has 0 saturated carbocycles. The van der Waals surface area contributed by atoms with E-state index in [2.05, 4.69) is 20.2 Å². The smallest absolute Gasteiger partial charge is 0.128 e. The van der Waals surface area contributed by atoms with Crippen molar-refractivity contribution in [2.45, 2.75) is 32.4 Å². The summed E-state index contributed by atoms with van der Waals surface area (Å²) in [6.45, 7) is 4.26. The van der Waals surface area contributed by atoms with Crippen LogP contribution in [0.25, 0.3) is 16.9 Å². The van der Waals surface area contributed by atoms with Crippen LogP contribution in [0.4, 0.5) is 4.39 Å². The van der Waals surface area contributed by atoms with E-state index in [1.54, 1.807) is 30.1 Å². The zero-order valence-electron chi connectivity index (χ0n) is 15.3. The minimum absolute atomic E-state index is 0.198. The second-order valence-corrected chi connectivity index (χ2v) is 7.10. The Hall–Kier alpha value is -2.64. The largest absolute Gasteiger partial charge is 0.327 e. The van der Waals surface area contributed by atoms with Crippen molar-refractivity contribution >= 4 is 0 Å². The summed E-state index contributed by atoms with van der Waals surface area (Å²) in [5, 5.41) is 8.77. The monoisotopic (exact) mass is 366 g/mol. The van der Waals surface area contributed by atoms with Crippen molar-refractivity contribution in [2.24, 2.45) is 5.73 Å². The van der Waals surface area contributed by atoms with Crippen molar-refractivity contribution in [3.05, 3.63) is 59.8 Å². The lowest BCUT2D eigenvalue weighted by Gasteiger charge is -2.30. The van der Waals surface area contributed by atoms with E-state index in [1.807, 2.05) is 18.2 Å². The van der Waals surface area contributed by atoms with Gasteiger partial charge in [0.25, 0.3) is 0 Å². The lowest BCUT2D eigenvalue weighted by atomic mass is 10.1. The topological polar surface area (TPSA) is 72.9 Å². The maximum atomic E-state index is 14.1. The summed E-state index contributed by atoms with van der Waals surface area (Å²) in [6, 6.07) is 9.15. The van der Waals surface area contributed by atoms with Gasteiger partial charge in [-0.15, -0.1) is 5.10 Å². The lowest BCUT2D eigenvalue weighted by molar-refractivity contribution is 0.199. The van der Waals surface area contributed by atoms with Gasteiger partial charge < -0.3 is 5.73 Å². The second kappa shape index (κ2) is 7.54. The number of nitrogens with zero attached hydrogens (tertiary/aromatic N) is 5. The van der Waals surface area contributed by atoms with E-state index in [0.717, 1.165) is 42.9 Å². The molecule has 1 fully saturated rings. The van der Waals surface area contributed by atoms with Crippen molar-refractivity contribution in [1.82, 2.24) is 24.9 Å². The number of benzene rings is 1. The third kappa shape index (κ3) is 3.74. The summed E-state index contributed by atoms with van der Waals surface area (Å²) in [6.07, 6.45) is 5.62. The first-order chi connectivity index (χ1) is 13.1. The van der Waals surface area contributed by atoms with Crippen LogP contribution in [0, 0.1) is 12.7 Å². The SMILES string of the molecule is Cc1ccc(-n2nnc(CN3CCCC(N)C3)c2-c2ccncc2)cc1F. The molecule has 0 radical (unpaired) electrons. The van der Waals surface area contributed by atoms with E-state index in [1.165, 1.54) is 6.07 Å². The van der Waals surface area contributed by atoms with E-state index in [0.29, 0.717) is 17.8 Å². The zero-order chi connectivity index (χ0) is 18.8. The van der Waals surface area contributed by atoms with Crippen LogP contribution in [0.2, 0.25) is 0 Å². The van der Waals surface area contributed by atoms with Crippen LogP contribution in [0.1, 0.15) is 24.1 Å². The highest BCUT2D eigenvalue weighted by Crippen LogP contribution is 2.27. The van der Waals surface area contributed by atoms with Crippen LogP contribution >= 0.6 is 0 Å². The molecule has 0 amide bonds. The average molecular weight is 366 g/mol. The molecule has 140 valence electrons. The summed E-state index contributed by atoms with van der Waals surface area (Å²) in [4.78, 5) is 6.41. The normalized spacial score (nSPS) is 18.0. The molecule has 1 atom stereocenters. The van der Waals surface area contributed by atoms with E-state index in [-0.39, 0.29) is 11.9 Å². The summed E-state index contributed by atoms with van der Waals surface area (Å²) in [5.74, 6) is -0.257. The van der Waals surface area contributed by atoms with Gasteiger partial charge in [-0.3, -0.25) is 9.88 Å². The first-order valence-electron chi connectivity index (χ1n) is 9.21. The third-order valence-electron chi connectivity index (χ3n) is 5.01. The lowest BCUT2D eigenvalue weighted by Crippen LogP contribution is -2.42. The van der Waals surface area contributed by atoms with Gasteiger partial charge in [-0.05, 0) is 56.1 Å². The van der Waals surface area contributed by atoms with Crippen molar-refractivity contribution in [3.8, 4) is 16.9 Å². The molecule has 3 aromatic rings. The van der Waals surface area contributed by atoms with Crippen molar-refractivity contribution < 1.29 is 4.39 Å². The second-order valence-electron chi connectivity index (χ2n) is 7.10. The van der Waals surface area contributed by atoms with Gasteiger partial charge in [0.15, 0.2) is 0 Å². The van der Waals surface area contributed by atoms with E-state index < -0.39 is 0 Å². The number of hydrogen-bond acceptors (Lipinski definition) is 5. The van der Waals surface area contributed by atoms with Gasteiger partial charge in [-0.1, -0.05) is 11.3 Å². The Balaban J connectivity index is 1.75. The van der Waals surface area contributed by atoms with Crippen molar-refractivity contribution in [3.63, 3.8) is 0 Å². The molecule has 0 spiro atoms. The number of nitrogens with two attached hydrogens (primary N) is 1. The molecule has 1 aromatic carbocycles. The molecule has 27 heavy (non-hydrogen) atoms. The van der Waals surface area contributed by atoms with E-state index in [9.17, 15) is 4.39 Å². The molecule has 4 rings (SSSR count). The van der Waals surface area contributed by atoms with Crippen molar-refractivity contribution in [1.29, 1.82) is 0 Å². The molecule has 2 N–H and O–H groups in total. The van der Waals surface area contributed by atoms with Gasteiger partial charge in [-0.2, -0.15) is 0 Å². The Bertz CT molecular complexity index is 923. The fourth-order valence-corrected chi connectivity index (χ4v) is 3.56. The summed E-state index contributed by atoms with van der Waals surface area (Å²) in [7, 11) is 0. The van der Waals surface area contributed by atoms with E-state index in [4.69, 9.17) is 5.73 Å². The number of pyridine rings is 1. The molecule has 1 saturated heterocycles. The maximum Gasteiger partial charge on any atom is 0.128 e. The van der Waals surface area contributed by atoms with Crippen molar-refractivity contribution in [2.75, 3.05) is 13.1 Å². The fraction of sp³-hybridized carbons (Fsp3) is 0.350. The van der Waals surface area contributed by atoms with Gasteiger partial charge >= 0.3 is 0 Å². The molecule has 3 heterocycles. The number of aryl methyl sites for hydroxylation is 1. The minimum atomic E-state index is -0.257. The van der Waals surface area contributed by atoms with Crippen LogP contribution < -0.4 is 5.73 Å². The molecule has 1 aliphatic rings. The molecule has 2 aromatic heterocycles. The molecule has 6 nitrogen and oxygen atoms in total. The molecule has 0 bridgehead atoms.